The summed E-state index contributed by atoms with van der Waals surface area (Å²) in [6.07, 6.45) is 3.55. The molecule has 0 radical (unpaired) electrons. The van der Waals surface area contributed by atoms with E-state index < -0.39 is 0 Å². The van der Waals surface area contributed by atoms with Crippen molar-refractivity contribution in [1.29, 1.82) is 0 Å². The lowest BCUT2D eigenvalue weighted by Crippen LogP contribution is -2.55. The van der Waals surface area contributed by atoms with Gasteiger partial charge in [0.2, 0.25) is 5.91 Å². The van der Waals surface area contributed by atoms with Crippen molar-refractivity contribution in [3.05, 3.63) is 48.0 Å². The molecule has 7 nitrogen and oxygen atoms in total. The number of halogens is 2. The molecular weight excluding hydrogens is 498 g/mol. The molecule has 2 aromatic rings. The fourth-order valence-corrected chi connectivity index (χ4v) is 3.37. The van der Waals surface area contributed by atoms with E-state index >= 15 is 0 Å². The molecule has 30 heavy (non-hydrogen) atoms. The van der Waals surface area contributed by atoms with Gasteiger partial charge in [0.25, 0.3) is 0 Å². The van der Waals surface area contributed by atoms with E-state index in [0.29, 0.717) is 26.2 Å². The van der Waals surface area contributed by atoms with E-state index in [-0.39, 0.29) is 47.7 Å². The molecule has 1 aromatic heterocycles. The Labute approximate surface area is 194 Å². The predicted octanol–water partition coefficient (Wildman–Crippen LogP) is 2.77. The van der Waals surface area contributed by atoms with Gasteiger partial charge in [0, 0.05) is 38.3 Å². The summed E-state index contributed by atoms with van der Waals surface area (Å²) in [4.78, 5) is 21.2. The van der Waals surface area contributed by atoms with Crippen molar-refractivity contribution in [2.75, 3.05) is 37.6 Å². The van der Waals surface area contributed by atoms with Gasteiger partial charge in [-0.05, 0) is 24.6 Å². The molecule has 0 spiro atoms. The van der Waals surface area contributed by atoms with Crippen LogP contribution in [0, 0.1) is 5.82 Å². The number of rotatable bonds is 5. The Morgan fingerprint density at radius 3 is 2.53 bits per heavy atom. The molecule has 1 saturated heterocycles. The molecule has 3 rings (SSSR count). The van der Waals surface area contributed by atoms with Gasteiger partial charge in [-0.15, -0.1) is 24.0 Å². The quantitative estimate of drug-likeness (QED) is 0.369. The Morgan fingerprint density at radius 1 is 1.27 bits per heavy atom. The number of carbonyl (C=O) groups excluding carboxylic acids is 1. The zero-order chi connectivity index (χ0) is 21.0. The number of carbonyl (C=O) groups is 1. The fourth-order valence-electron chi connectivity index (χ4n) is 3.37. The second-order valence-electron chi connectivity index (χ2n) is 7.90. The molecule has 164 valence electrons. The predicted molar refractivity (Wildman–Crippen MR) is 128 cm³/mol. The lowest BCUT2D eigenvalue weighted by molar-refractivity contribution is -0.120. The number of aromatic nitrogens is 2. The number of amides is 1. The monoisotopic (exact) mass is 528 g/mol. The van der Waals surface area contributed by atoms with Crippen LogP contribution < -0.4 is 10.2 Å². The molecule has 1 amide bonds. The maximum absolute atomic E-state index is 13.2. The van der Waals surface area contributed by atoms with Crippen molar-refractivity contribution >= 4 is 41.5 Å². The smallest absolute Gasteiger partial charge is 0.246 e. The first-order valence-electron chi connectivity index (χ1n) is 9.88. The molecule has 0 bridgehead atoms. The topological polar surface area (TPSA) is 65.8 Å². The van der Waals surface area contributed by atoms with Gasteiger partial charge in [0.05, 0.1) is 18.4 Å². The Balaban J connectivity index is 0.00000320. The molecule has 2 heterocycles. The lowest BCUT2D eigenvalue weighted by Gasteiger charge is -2.36. The molecule has 0 atom stereocenters. The molecule has 9 heteroatoms. The van der Waals surface area contributed by atoms with Crippen molar-refractivity contribution in [2.24, 2.45) is 12.0 Å². The van der Waals surface area contributed by atoms with E-state index in [1.807, 2.05) is 25.1 Å². The van der Waals surface area contributed by atoms with Crippen molar-refractivity contribution < 1.29 is 9.18 Å². The average Bonchev–Trinajstić information content (AvgIpc) is 3.11. The SMILES string of the molecule is CCNC(=NCC(C)(C)c1ccc(F)cc1)N1CCN(c2cnn(C)c2)C(=O)C1.I. The maximum Gasteiger partial charge on any atom is 0.246 e. The number of nitrogens with one attached hydrogen (secondary N) is 1. The number of piperazine rings is 1. The zero-order valence-corrected chi connectivity index (χ0v) is 20.3. The van der Waals surface area contributed by atoms with E-state index in [1.165, 1.54) is 12.1 Å². The van der Waals surface area contributed by atoms with E-state index in [0.717, 1.165) is 17.2 Å². The second-order valence-corrected chi connectivity index (χ2v) is 7.90. The molecule has 1 aliphatic heterocycles. The third-order valence-electron chi connectivity index (χ3n) is 5.11. The third-order valence-corrected chi connectivity index (χ3v) is 5.11. The van der Waals surface area contributed by atoms with Crippen LogP contribution in [-0.4, -0.2) is 59.3 Å². The largest absolute Gasteiger partial charge is 0.357 e. The minimum atomic E-state index is -0.254. The van der Waals surface area contributed by atoms with E-state index in [9.17, 15) is 9.18 Å². The number of aliphatic imine (C=N–C) groups is 1. The van der Waals surface area contributed by atoms with Gasteiger partial charge in [-0.2, -0.15) is 5.10 Å². The van der Waals surface area contributed by atoms with E-state index in [2.05, 4.69) is 24.3 Å². The van der Waals surface area contributed by atoms with Crippen LogP contribution in [0.3, 0.4) is 0 Å². The number of aryl methyl sites for hydroxylation is 1. The molecule has 0 saturated carbocycles. The van der Waals surface area contributed by atoms with Gasteiger partial charge in [-0.25, -0.2) is 4.39 Å². The number of nitrogens with zero attached hydrogens (tertiary/aromatic N) is 5. The highest BCUT2D eigenvalue weighted by atomic mass is 127. The minimum Gasteiger partial charge on any atom is -0.357 e. The Kier molecular flexibility index (Phi) is 8.22. The van der Waals surface area contributed by atoms with Crippen molar-refractivity contribution in [2.45, 2.75) is 26.2 Å². The van der Waals surface area contributed by atoms with Crippen LogP contribution in [-0.2, 0) is 17.3 Å². The third kappa shape index (κ3) is 5.71. The first-order chi connectivity index (χ1) is 13.8. The van der Waals surface area contributed by atoms with E-state index in [4.69, 9.17) is 4.99 Å². The number of hydrogen-bond donors (Lipinski definition) is 1. The van der Waals surface area contributed by atoms with Gasteiger partial charge in [-0.1, -0.05) is 26.0 Å². The summed E-state index contributed by atoms with van der Waals surface area (Å²) in [7, 11) is 1.84. The highest BCUT2D eigenvalue weighted by molar-refractivity contribution is 14.0. The summed E-state index contributed by atoms with van der Waals surface area (Å²) >= 11 is 0. The normalized spacial score (nSPS) is 15.2. The van der Waals surface area contributed by atoms with Crippen LogP contribution in [0.5, 0.6) is 0 Å². The lowest BCUT2D eigenvalue weighted by atomic mass is 9.85. The van der Waals surface area contributed by atoms with Crippen LogP contribution in [0.15, 0.2) is 41.7 Å². The minimum absolute atomic E-state index is 0. The summed E-state index contributed by atoms with van der Waals surface area (Å²) in [6.45, 7) is 8.94. The summed E-state index contributed by atoms with van der Waals surface area (Å²) in [5, 5.41) is 7.44. The first-order valence-corrected chi connectivity index (χ1v) is 9.88. The summed E-state index contributed by atoms with van der Waals surface area (Å²) in [5.74, 6) is 0.501. The van der Waals surface area contributed by atoms with Gasteiger partial charge in [-0.3, -0.25) is 14.5 Å². The molecule has 0 unspecified atom stereocenters. The summed E-state index contributed by atoms with van der Waals surface area (Å²) in [5.41, 5.74) is 1.59. The van der Waals surface area contributed by atoms with Crippen LogP contribution in [0.2, 0.25) is 0 Å². The van der Waals surface area contributed by atoms with Gasteiger partial charge in [0.1, 0.15) is 12.4 Å². The van der Waals surface area contributed by atoms with Crippen LogP contribution in [0.25, 0.3) is 0 Å². The van der Waals surface area contributed by atoms with Crippen molar-refractivity contribution in [3.8, 4) is 0 Å². The van der Waals surface area contributed by atoms with Crippen LogP contribution in [0.1, 0.15) is 26.3 Å². The number of hydrogen-bond acceptors (Lipinski definition) is 3. The second kappa shape index (κ2) is 10.2. The highest BCUT2D eigenvalue weighted by Gasteiger charge is 2.28. The molecule has 1 fully saturated rings. The van der Waals surface area contributed by atoms with Crippen molar-refractivity contribution in [3.63, 3.8) is 0 Å². The fraction of sp³-hybridized carbons (Fsp3) is 0.476. The number of benzene rings is 1. The standard InChI is InChI=1S/C21H29FN6O.HI/c1-5-23-20(24-15-21(2,3)16-6-8-17(22)9-7-16)27-10-11-28(19(29)14-27)18-12-25-26(4)13-18;/h6-9,12-13H,5,10-11,14-15H2,1-4H3,(H,23,24);1H. The van der Waals surface area contributed by atoms with Gasteiger partial charge >= 0.3 is 0 Å². The molecule has 0 aliphatic carbocycles. The zero-order valence-electron chi connectivity index (χ0n) is 17.9. The number of anilines is 1. The Hall–Kier alpha value is -2.17. The first kappa shape index (κ1) is 24.1. The van der Waals surface area contributed by atoms with Crippen LogP contribution >= 0.6 is 24.0 Å². The summed E-state index contributed by atoms with van der Waals surface area (Å²) in [6, 6.07) is 6.55. The number of guanidine groups is 1. The molecule has 1 aromatic carbocycles. The Bertz CT molecular complexity index is 880. The van der Waals surface area contributed by atoms with Gasteiger partial charge in [0.15, 0.2) is 5.96 Å². The maximum atomic E-state index is 13.2. The highest BCUT2D eigenvalue weighted by Crippen LogP contribution is 2.24. The van der Waals surface area contributed by atoms with Crippen LogP contribution in [0.4, 0.5) is 10.1 Å². The molecule has 1 N–H and O–H groups in total. The molecule has 1 aliphatic rings. The molecular formula is C21H30FIN6O. The van der Waals surface area contributed by atoms with Crippen molar-refractivity contribution in [1.82, 2.24) is 20.0 Å². The van der Waals surface area contributed by atoms with E-state index in [1.54, 1.807) is 27.9 Å². The average molecular weight is 528 g/mol. The Morgan fingerprint density at radius 2 is 1.97 bits per heavy atom. The summed E-state index contributed by atoms with van der Waals surface area (Å²) < 4.78 is 14.9. The van der Waals surface area contributed by atoms with Gasteiger partial charge < -0.3 is 15.1 Å².